The van der Waals surface area contributed by atoms with Gasteiger partial charge >= 0.3 is 11.9 Å². The van der Waals surface area contributed by atoms with Crippen LogP contribution in [-0.2, 0) is 14.3 Å². The number of esters is 1. The molecule has 4 rings (SSSR count). The van der Waals surface area contributed by atoms with Crippen molar-refractivity contribution < 1.29 is 19.4 Å². The van der Waals surface area contributed by atoms with Gasteiger partial charge in [0.1, 0.15) is 0 Å². The van der Waals surface area contributed by atoms with Crippen molar-refractivity contribution in [1.29, 1.82) is 0 Å². The fourth-order valence-corrected chi connectivity index (χ4v) is 6.03. The normalized spacial score (nSPS) is 33.0. The molecule has 0 saturated heterocycles. The quantitative estimate of drug-likeness (QED) is 0.318. The maximum atomic E-state index is 11.4. The summed E-state index contributed by atoms with van der Waals surface area (Å²) in [6, 6.07) is 0. The molecule has 0 heterocycles. The lowest BCUT2D eigenvalue weighted by Gasteiger charge is -2.55. The van der Waals surface area contributed by atoms with Crippen LogP contribution in [-0.4, -0.2) is 45.9 Å². The molecular weight excluding hydrogens is 382 g/mol. The van der Waals surface area contributed by atoms with E-state index in [1.165, 1.54) is 50.3 Å². The average molecular weight is 418 g/mol. The van der Waals surface area contributed by atoms with Gasteiger partial charge in [-0.2, -0.15) is 24.4 Å². The molecule has 0 aromatic heterocycles. The van der Waals surface area contributed by atoms with Crippen LogP contribution >= 0.6 is 24.4 Å². The minimum absolute atomic E-state index is 0.300. The topological polar surface area (TPSA) is 89.6 Å². The molecule has 5 nitrogen and oxygen atoms in total. The molecule has 156 valence electrons. The molecular formula is C20H35NO4S2. The van der Waals surface area contributed by atoms with Gasteiger partial charge in [-0.1, -0.05) is 13.8 Å². The molecule has 2 atom stereocenters. The molecule has 1 unspecified atom stereocenters. The first-order valence-corrected chi connectivity index (χ1v) is 12.0. The molecule has 4 fully saturated rings. The highest BCUT2D eigenvalue weighted by molar-refractivity contribution is 7.99. The molecule has 0 aromatic carbocycles. The molecule has 3 N–H and O–H groups in total. The van der Waals surface area contributed by atoms with Crippen LogP contribution in [0.1, 0.15) is 58.8 Å². The van der Waals surface area contributed by atoms with E-state index in [0.717, 1.165) is 29.9 Å². The number of aliphatic carboxylic acids is 1. The number of ether oxygens (including phenoxy) is 1. The van der Waals surface area contributed by atoms with Crippen molar-refractivity contribution in [2.75, 3.05) is 17.3 Å². The number of nitrogens with two attached hydrogens (primary N) is 1. The van der Waals surface area contributed by atoms with Crippen molar-refractivity contribution in [2.45, 2.75) is 70.4 Å². The SMILES string of the molecule is CCCSCC(OC(=O)[C@@H](C)CS)C(=O)O.NC12CC3CC(CC(C3)C1)C2. The van der Waals surface area contributed by atoms with Crippen LogP contribution in [0.5, 0.6) is 0 Å². The molecule has 4 bridgehead atoms. The summed E-state index contributed by atoms with van der Waals surface area (Å²) in [5.74, 6) is 2.61. The predicted octanol–water partition coefficient (Wildman–Crippen LogP) is 3.61. The average Bonchev–Trinajstić information content (AvgIpc) is 2.58. The van der Waals surface area contributed by atoms with Crippen LogP contribution in [0.2, 0.25) is 0 Å². The van der Waals surface area contributed by atoms with Crippen LogP contribution in [0.3, 0.4) is 0 Å². The lowest BCUT2D eigenvalue weighted by atomic mass is 9.53. The maximum Gasteiger partial charge on any atom is 0.345 e. The van der Waals surface area contributed by atoms with Gasteiger partial charge in [0.15, 0.2) is 0 Å². The summed E-state index contributed by atoms with van der Waals surface area (Å²) < 4.78 is 4.90. The van der Waals surface area contributed by atoms with Crippen LogP contribution < -0.4 is 5.73 Å². The molecule has 0 radical (unpaired) electrons. The van der Waals surface area contributed by atoms with Crippen molar-refractivity contribution in [3.8, 4) is 0 Å². The minimum atomic E-state index is -1.09. The Balaban J connectivity index is 0.000000203. The van der Waals surface area contributed by atoms with E-state index in [1.54, 1.807) is 6.92 Å². The summed E-state index contributed by atoms with van der Waals surface area (Å²) in [5.41, 5.74) is 6.62. The Morgan fingerprint density at radius 3 is 2.11 bits per heavy atom. The van der Waals surface area contributed by atoms with Crippen LogP contribution in [0.4, 0.5) is 0 Å². The van der Waals surface area contributed by atoms with E-state index in [4.69, 9.17) is 15.6 Å². The number of thioether (sulfide) groups is 1. The van der Waals surface area contributed by atoms with Gasteiger partial charge in [0.2, 0.25) is 6.10 Å². The number of carbonyl (C=O) groups is 2. The number of hydrogen-bond acceptors (Lipinski definition) is 6. The summed E-state index contributed by atoms with van der Waals surface area (Å²) in [6.07, 6.45) is 8.49. The van der Waals surface area contributed by atoms with E-state index in [0.29, 0.717) is 17.0 Å². The van der Waals surface area contributed by atoms with E-state index < -0.39 is 18.0 Å². The Hall–Kier alpha value is -0.400. The number of thiol groups is 1. The molecule has 4 aliphatic rings. The highest BCUT2D eigenvalue weighted by Gasteiger charge is 2.48. The van der Waals surface area contributed by atoms with Crippen molar-refractivity contribution in [3.05, 3.63) is 0 Å². The highest BCUT2D eigenvalue weighted by atomic mass is 32.2. The second kappa shape index (κ2) is 10.4. The second-order valence-electron chi connectivity index (χ2n) is 8.70. The predicted molar refractivity (Wildman–Crippen MR) is 113 cm³/mol. The monoisotopic (exact) mass is 417 g/mol. The first kappa shape index (κ1) is 22.9. The molecule has 0 amide bonds. The molecule has 27 heavy (non-hydrogen) atoms. The zero-order chi connectivity index (χ0) is 20.0. The first-order valence-electron chi connectivity index (χ1n) is 10.2. The van der Waals surface area contributed by atoms with Gasteiger partial charge in [0.25, 0.3) is 0 Å². The van der Waals surface area contributed by atoms with E-state index in [-0.39, 0.29) is 5.92 Å². The fourth-order valence-electron chi connectivity index (χ4n) is 5.00. The van der Waals surface area contributed by atoms with Gasteiger partial charge in [-0.25, -0.2) is 4.79 Å². The second-order valence-corrected chi connectivity index (χ2v) is 10.2. The Bertz CT molecular complexity index is 479. The molecule has 0 aromatic rings. The number of carboxylic acid groups (broad SMARTS) is 1. The largest absolute Gasteiger partial charge is 0.478 e. The lowest BCUT2D eigenvalue weighted by molar-refractivity contribution is -0.164. The van der Waals surface area contributed by atoms with Gasteiger partial charge < -0.3 is 15.6 Å². The van der Waals surface area contributed by atoms with E-state index in [9.17, 15) is 9.59 Å². The first-order chi connectivity index (χ1) is 12.8. The zero-order valence-electron chi connectivity index (χ0n) is 16.6. The number of carboxylic acids is 1. The van der Waals surface area contributed by atoms with Crippen LogP contribution in [0.15, 0.2) is 0 Å². The third kappa shape index (κ3) is 6.86. The van der Waals surface area contributed by atoms with Gasteiger partial charge in [-0.05, 0) is 68.5 Å². The van der Waals surface area contributed by atoms with Gasteiger partial charge in [0, 0.05) is 17.0 Å². The smallest absolute Gasteiger partial charge is 0.345 e. The molecule has 0 spiro atoms. The number of carbonyl (C=O) groups excluding carboxylic acids is 1. The van der Waals surface area contributed by atoms with Gasteiger partial charge in [-0.3, -0.25) is 4.79 Å². The molecule has 7 heteroatoms. The summed E-state index contributed by atoms with van der Waals surface area (Å²) in [7, 11) is 0. The van der Waals surface area contributed by atoms with Crippen molar-refractivity contribution in [3.63, 3.8) is 0 Å². The summed E-state index contributed by atoms with van der Waals surface area (Å²) >= 11 is 5.44. The van der Waals surface area contributed by atoms with Crippen LogP contribution in [0.25, 0.3) is 0 Å². The third-order valence-electron chi connectivity index (χ3n) is 5.91. The van der Waals surface area contributed by atoms with E-state index in [1.807, 2.05) is 6.92 Å². The minimum Gasteiger partial charge on any atom is -0.478 e. The Labute approximate surface area is 173 Å². The van der Waals surface area contributed by atoms with E-state index in [2.05, 4.69) is 12.6 Å². The lowest BCUT2D eigenvalue weighted by Crippen LogP contribution is -2.55. The van der Waals surface area contributed by atoms with Crippen LogP contribution in [0, 0.1) is 23.7 Å². The Kier molecular flexibility index (Phi) is 8.81. The van der Waals surface area contributed by atoms with Crippen molar-refractivity contribution in [2.24, 2.45) is 29.4 Å². The maximum absolute atomic E-state index is 11.4. The van der Waals surface area contributed by atoms with Gasteiger partial charge in [-0.15, -0.1) is 0 Å². The Morgan fingerprint density at radius 2 is 1.74 bits per heavy atom. The highest BCUT2D eigenvalue weighted by Crippen LogP contribution is 2.54. The molecule has 4 aliphatic carbocycles. The summed E-state index contributed by atoms with van der Waals surface area (Å²) in [5, 5.41) is 8.87. The van der Waals surface area contributed by atoms with Crippen molar-refractivity contribution >= 4 is 36.3 Å². The summed E-state index contributed by atoms with van der Waals surface area (Å²) in [6.45, 7) is 3.67. The Morgan fingerprint density at radius 1 is 1.22 bits per heavy atom. The standard InChI is InChI=1S/C10H17N.C10H18O4S2/c11-10-4-7-1-8(5-10)3-9(2-7)6-10;1-3-4-16-6-8(9(11)12)14-10(13)7(2)5-15/h7-9H,1-6,11H2;7-8,15H,3-6H2,1-2H3,(H,11,12)/t;7-,8?/m.0/s1. The summed E-state index contributed by atoms with van der Waals surface area (Å²) in [4.78, 5) is 22.2. The van der Waals surface area contributed by atoms with E-state index >= 15 is 0 Å². The molecule has 0 aliphatic heterocycles. The number of rotatable bonds is 8. The zero-order valence-corrected chi connectivity index (χ0v) is 18.3. The third-order valence-corrected chi connectivity index (χ3v) is 7.70. The molecule has 4 saturated carbocycles. The van der Waals surface area contributed by atoms with Crippen molar-refractivity contribution in [1.82, 2.24) is 0 Å². The fraction of sp³-hybridized carbons (Fsp3) is 0.900. The number of hydrogen-bond donors (Lipinski definition) is 3. The van der Waals surface area contributed by atoms with Gasteiger partial charge in [0.05, 0.1) is 5.92 Å².